The van der Waals surface area contributed by atoms with E-state index in [9.17, 15) is 4.79 Å². The van der Waals surface area contributed by atoms with Gasteiger partial charge in [-0.2, -0.15) is 0 Å². The van der Waals surface area contributed by atoms with Crippen molar-refractivity contribution in [3.63, 3.8) is 0 Å². The molecule has 0 rings (SSSR count). The van der Waals surface area contributed by atoms with E-state index >= 15 is 0 Å². The molecule has 0 unspecified atom stereocenters. The fraction of sp³-hybridized carbons (Fsp3) is 0.769. The largest absolute Gasteiger partial charge is 0.481 e. The minimum Gasteiger partial charge on any atom is -0.481 e. The molecule has 0 aromatic carbocycles. The highest BCUT2D eigenvalue weighted by Crippen LogP contribution is 2.36. The number of rotatable bonds is 4. The molecule has 0 aliphatic rings. The van der Waals surface area contributed by atoms with E-state index in [1.54, 1.807) is 6.92 Å². The maximum absolute atomic E-state index is 10.6. The van der Waals surface area contributed by atoms with E-state index in [-0.39, 0.29) is 5.04 Å². The molecule has 0 aliphatic heterocycles. The van der Waals surface area contributed by atoms with Crippen molar-refractivity contribution in [2.75, 3.05) is 6.61 Å². The van der Waals surface area contributed by atoms with Gasteiger partial charge in [0.05, 0.1) is 12.5 Å². The maximum atomic E-state index is 10.6. The van der Waals surface area contributed by atoms with Crippen LogP contribution in [0.15, 0.2) is 0 Å². The lowest BCUT2D eigenvalue weighted by atomic mass is 10.1. The van der Waals surface area contributed by atoms with Crippen molar-refractivity contribution in [1.82, 2.24) is 0 Å². The highest BCUT2D eigenvalue weighted by molar-refractivity contribution is 6.74. The summed E-state index contributed by atoms with van der Waals surface area (Å²) in [6.07, 6.45) is 0.385. The molecule has 3 nitrogen and oxygen atoms in total. The minimum atomic E-state index is -1.72. The zero-order chi connectivity index (χ0) is 13.7. The Bertz CT molecular complexity index is 318. The maximum Gasteiger partial charge on any atom is 0.307 e. The van der Waals surface area contributed by atoms with Gasteiger partial charge in [0.25, 0.3) is 0 Å². The lowest BCUT2D eigenvalue weighted by molar-refractivity contribution is -0.140. The van der Waals surface area contributed by atoms with Gasteiger partial charge in [-0.3, -0.25) is 4.79 Å². The monoisotopic (exact) mass is 256 g/mol. The summed E-state index contributed by atoms with van der Waals surface area (Å²) in [7, 11) is -1.72. The summed E-state index contributed by atoms with van der Waals surface area (Å²) in [6, 6.07) is 0. The van der Waals surface area contributed by atoms with Gasteiger partial charge in [0, 0.05) is 6.42 Å². The van der Waals surface area contributed by atoms with E-state index in [1.165, 1.54) is 0 Å². The molecule has 0 aromatic heterocycles. The molecule has 0 aliphatic carbocycles. The predicted octanol–water partition coefficient (Wildman–Crippen LogP) is 3.12. The van der Waals surface area contributed by atoms with Gasteiger partial charge in [0.2, 0.25) is 0 Å². The first-order chi connectivity index (χ1) is 7.58. The molecule has 1 N–H and O–H groups in total. The fourth-order valence-corrected chi connectivity index (χ4v) is 1.66. The smallest absolute Gasteiger partial charge is 0.307 e. The SMILES string of the molecule is C[C@@H](CC#CCO[Si](C)(C)C(C)(C)C)C(=O)O. The molecule has 0 bridgehead atoms. The zero-order valence-electron chi connectivity index (χ0n) is 11.8. The summed E-state index contributed by atoms with van der Waals surface area (Å²) in [5, 5.41) is 8.87. The summed E-state index contributed by atoms with van der Waals surface area (Å²) in [6.45, 7) is 13.0. The van der Waals surface area contributed by atoms with Gasteiger partial charge in [0.15, 0.2) is 8.32 Å². The van der Waals surface area contributed by atoms with Crippen LogP contribution in [-0.4, -0.2) is 26.0 Å². The van der Waals surface area contributed by atoms with Crippen molar-refractivity contribution in [3.8, 4) is 11.8 Å². The Morgan fingerprint density at radius 1 is 1.35 bits per heavy atom. The number of hydrogen-bond donors (Lipinski definition) is 1. The molecule has 0 radical (unpaired) electrons. The van der Waals surface area contributed by atoms with Crippen molar-refractivity contribution in [3.05, 3.63) is 0 Å². The van der Waals surface area contributed by atoms with E-state index in [0.29, 0.717) is 13.0 Å². The first kappa shape index (κ1) is 16.2. The Kier molecular flexibility index (Phi) is 5.93. The quantitative estimate of drug-likeness (QED) is 0.621. The van der Waals surface area contributed by atoms with E-state index in [0.717, 1.165) is 0 Å². The summed E-state index contributed by atoms with van der Waals surface area (Å²) >= 11 is 0. The van der Waals surface area contributed by atoms with Gasteiger partial charge in [-0.25, -0.2) is 0 Å². The van der Waals surface area contributed by atoms with Crippen molar-refractivity contribution >= 4 is 14.3 Å². The molecule has 17 heavy (non-hydrogen) atoms. The molecule has 0 heterocycles. The summed E-state index contributed by atoms with van der Waals surface area (Å²) in [5.41, 5.74) is 0. The molecular weight excluding hydrogens is 232 g/mol. The number of aliphatic carboxylic acids is 1. The van der Waals surface area contributed by atoms with E-state index in [1.807, 2.05) is 0 Å². The van der Waals surface area contributed by atoms with Crippen LogP contribution in [0.3, 0.4) is 0 Å². The molecule has 0 aromatic rings. The summed E-state index contributed by atoms with van der Waals surface area (Å²) in [5.74, 6) is 4.55. The van der Waals surface area contributed by atoms with Crippen LogP contribution in [0.4, 0.5) is 0 Å². The van der Waals surface area contributed by atoms with Crippen molar-refractivity contribution in [2.24, 2.45) is 5.92 Å². The van der Waals surface area contributed by atoms with Crippen LogP contribution in [0.5, 0.6) is 0 Å². The topological polar surface area (TPSA) is 46.5 Å². The van der Waals surface area contributed by atoms with Gasteiger partial charge in [-0.15, -0.1) is 5.92 Å². The number of carboxylic acids is 1. The first-order valence-corrected chi connectivity index (χ1v) is 8.81. The van der Waals surface area contributed by atoms with Crippen LogP contribution in [0, 0.1) is 17.8 Å². The molecule has 0 saturated carbocycles. The number of hydrogen-bond acceptors (Lipinski definition) is 2. The normalized spacial score (nSPS) is 13.8. The molecular formula is C13H24O3Si. The Morgan fingerprint density at radius 3 is 2.29 bits per heavy atom. The Morgan fingerprint density at radius 2 is 1.88 bits per heavy atom. The summed E-state index contributed by atoms with van der Waals surface area (Å²) < 4.78 is 5.85. The molecule has 0 amide bonds. The molecule has 0 saturated heterocycles. The molecule has 0 spiro atoms. The van der Waals surface area contributed by atoms with Crippen LogP contribution in [0.2, 0.25) is 18.1 Å². The second kappa shape index (κ2) is 6.22. The van der Waals surface area contributed by atoms with Crippen LogP contribution in [-0.2, 0) is 9.22 Å². The van der Waals surface area contributed by atoms with Crippen LogP contribution < -0.4 is 0 Å². The third kappa shape index (κ3) is 5.90. The van der Waals surface area contributed by atoms with Crippen LogP contribution in [0.25, 0.3) is 0 Å². The number of carbonyl (C=O) groups is 1. The first-order valence-electron chi connectivity index (χ1n) is 5.90. The van der Waals surface area contributed by atoms with Gasteiger partial charge >= 0.3 is 5.97 Å². The minimum absolute atomic E-state index is 0.184. The molecule has 4 heteroatoms. The average Bonchev–Trinajstić information content (AvgIpc) is 2.14. The second-order valence-corrected chi connectivity index (χ2v) is 10.7. The molecule has 0 fully saturated rings. The Labute approximate surface area is 106 Å². The van der Waals surface area contributed by atoms with Crippen LogP contribution in [0.1, 0.15) is 34.1 Å². The third-order valence-corrected chi connectivity index (χ3v) is 7.74. The van der Waals surface area contributed by atoms with Gasteiger partial charge in [-0.05, 0) is 18.1 Å². The number of carboxylic acid groups (broad SMARTS) is 1. The Hall–Kier alpha value is -0.793. The van der Waals surface area contributed by atoms with E-state index in [4.69, 9.17) is 9.53 Å². The highest BCUT2D eigenvalue weighted by Gasteiger charge is 2.36. The highest BCUT2D eigenvalue weighted by atomic mass is 28.4. The standard InChI is InChI=1S/C13H24O3Si/c1-11(12(14)15)9-7-8-10-16-17(5,6)13(2,3)4/h11H,9-10H2,1-6H3,(H,14,15)/t11-/m0/s1. The lowest BCUT2D eigenvalue weighted by Gasteiger charge is -2.35. The van der Waals surface area contributed by atoms with Crippen molar-refractivity contribution in [2.45, 2.75) is 52.2 Å². The predicted molar refractivity (Wildman–Crippen MR) is 72.3 cm³/mol. The van der Waals surface area contributed by atoms with Gasteiger partial charge in [-0.1, -0.05) is 33.6 Å². The van der Waals surface area contributed by atoms with Crippen molar-refractivity contribution in [1.29, 1.82) is 0 Å². The second-order valence-electron chi connectivity index (χ2n) is 5.85. The third-order valence-electron chi connectivity index (χ3n) is 3.27. The molecule has 1 atom stereocenters. The fourth-order valence-electron chi connectivity index (χ4n) is 0.797. The van der Waals surface area contributed by atoms with E-state index < -0.39 is 20.2 Å². The van der Waals surface area contributed by atoms with E-state index in [2.05, 4.69) is 45.7 Å². The Balaban J connectivity index is 4.09. The van der Waals surface area contributed by atoms with Gasteiger partial charge in [0.1, 0.15) is 0 Å². The van der Waals surface area contributed by atoms with Gasteiger partial charge < -0.3 is 9.53 Å². The summed E-state index contributed by atoms with van der Waals surface area (Å²) in [4.78, 5) is 10.6. The molecule has 98 valence electrons. The zero-order valence-corrected chi connectivity index (χ0v) is 12.8. The average molecular weight is 256 g/mol. The van der Waals surface area contributed by atoms with Crippen molar-refractivity contribution < 1.29 is 14.3 Å². The lowest BCUT2D eigenvalue weighted by Crippen LogP contribution is -2.40. The van der Waals surface area contributed by atoms with Crippen LogP contribution >= 0.6 is 0 Å².